The molecule has 1 aromatic carbocycles. The van der Waals surface area contributed by atoms with E-state index in [2.05, 4.69) is 9.47 Å². The molecule has 0 spiro atoms. The van der Waals surface area contributed by atoms with Gasteiger partial charge in [-0.3, -0.25) is 0 Å². The SMILES string of the molecule is COC(=O)c1cc(I)cc(C#N)c1OC(F)F. The van der Waals surface area contributed by atoms with E-state index in [0.29, 0.717) is 3.57 Å². The minimum absolute atomic E-state index is 0.141. The van der Waals surface area contributed by atoms with Crippen molar-refractivity contribution in [2.24, 2.45) is 0 Å². The Bertz CT molecular complexity index is 485. The molecule has 0 amide bonds. The standard InChI is InChI=1S/C10H6F2INO3/c1-16-9(15)7-3-6(13)2-5(4-14)8(7)17-10(11)12/h2-3,10H,1H3. The summed E-state index contributed by atoms with van der Waals surface area (Å²) >= 11 is 1.85. The molecule has 1 aromatic rings. The summed E-state index contributed by atoms with van der Waals surface area (Å²) in [6, 6.07) is 4.34. The van der Waals surface area contributed by atoms with E-state index in [1.807, 2.05) is 22.6 Å². The van der Waals surface area contributed by atoms with E-state index in [0.717, 1.165) is 7.11 Å². The third-order valence-corrected chi connectivity index (χ3v) is 2.41. The van der Waals surface area contributed by atoms with E-state index in [1.165, 1.54) is 12.1 Å². The molecular formula is C10H6F2INO3. The first-order valence-corrected chi connectivity index (χ1v) is 5.34. The number of benzene rings is 1. The molecule has 0 radical (unpaired) electrons. The maximum atomic E-state index is 12.2. The minimum atomic E-state index is -3.12. The van der Waals surface area contributed by atoms with E-state index in [-0.39, 0.29) is 11.1 Å². The van der Waals surface area contributed by atoms with Crippen molar-refractivity contribution >= 4 is 28.6 Å². The van der Waals surface area contributed by atoms with Crippen LogP contribution in [0.5, 0.6) is 5.75 Å². The third kappa shape index (κ3) is 3.26. The smallest absolute Gasteiger partial charge is 0.387 e. The van der Waals surface area contributed by atoms with Crippen molar-refractivity contribution in [1.29, 1.82) is 5.26 Å². The van der Waals surface area contributed by atoms with Gasteiger partial charge in [0.1, 0.15) is 11.6 Å². The second kappa shape index (κ2) is 5.77. The number of hydrogen-bond donors (Lipinski definition) is 0. The van der Waals surface area contributed by atoms with Crippen LogP contribution in [-0.2, 0) is 4.74 Å². The summed E-state index contributed by atoms with van der Waals surface area (Å²) in [5, 5.41) is 8.80. The second-order valence-corrected chi connectivity index (χ2v) is 4.06. The molecule has 7 heteroatoms. The van der Waals surface area contributed by atoms with Crippen LogP contribution < -0.4 is 4.74 Å². The van der Waals surface area contributed by atoms with Gasteiger partial charge in [-0.1, -0.05) is 0 Å². The summed E-state index contributed by atoms with van der Waals surface area (Å²) in [6.45, 7) is -3.12. The second-order valence-electron chi connectivity index (χ2n) is 2.81. The molecule has 0 aromatic heterocycles. The zero-order valence-electron chi connectivity index (χ0n) is 8.54. The van der Waals surface area contributed by atoms with Gasteiger partial charge in [-0.2, -0.15) is 14.0 Å². The molecular weight excluding hydrogens is 347 g/mol. The van der Waals surface area contributed by atoms with Crippen LogP contribution in [0.3, 0.4) is 0 Å². The molecule has 0 heterocycles. The van der Waals surface area contributed by atoms with Crippen molar-refractivity contribution in [3.8, 4) is 11.8 Å². The Morgan fingerprint density at radius 1 is 1.53 bits per heavy atom. The number of ether oxygens (including phenoxy) is 2. The Morgan fingerprint density at radius 3 is 2.65 bits per heavy atom. The molecule has 0 unspecified atom stereocenters. The molecule has 4 nitrogen and oxygen atoms in total. The lowest BCUT2D eigenvalue weighted by molar-refractivity contribution is -0.0506. The fourth-order valence-electron chi connectivity index (χ4n) is 1.15. The van der Waals surface area contributed by atoms with Crippen molar-refractivity contribution in [2.45, 2.75) is 6.61 Å². The topological polar surface area (TPSA) is 59.3 Å². The Balaban J connectivity index is 3.39. The van der Waals surface area contributed by atoms with Gasteiger partial charge in [-0.15, -0.1) is 0 Å². The zero-order chi connectivity index (χ0) is 13.0. The molecule has 1 rings (SSSR count). The largest absolute Gasteiger partial charge is 0.465 e. The molecule has 0 N–H and O–H groups in total. The molecule has 0 fully saturated rings. The van der Waals surface area contributed by atoms with Crippen LogP contribution in [0.4, 0.5) is 8.78 Å². The van der Waals surface area contributed by atoms with Crippen LogP contribution >= 0.6 is 22.6 Å². The predicted molar refractivity (Wildman–Crippen MR) is 61.8 cm³/mol. The highest BCUT2D eigenvalue weighted by molar-refractivity contribution is 14.1. The lowest BCUT2D eigenvalue weighted by atomic mass is 10.1. The number of methoxy groups -OCH3 is 1. The number of halogens is 3. The van der Waals surface area contributed by atoms with Crippen LogP contribution in [0.2, 0.25) is 0 Å². The number of esters is 1. The van der Waals surface area contributed by atoms with Gasteiger partial charge in [0.15, 0.2) is 5.75 Å². The minimum Gasteiger partial charge on any atom is -0.465 e. The number of carbonyl (C=O) groups excluding carboxylic acids is 1. The number of nitriles is 1. The predicted octanol–water partition coefficient (Wildman–Crippen LogP) is 2.55. The van der Waals surface area contributed by atoms with E-state index in [1.54, 1.807) is 6.07 Å². The monoisotopic (exact) mass is 353 g/mol. The molecule has 0 aliphatic rings. The van der Waals surface area contributed by atoms with Gasteiger partial charge in [0.2, 0.25) is 0 Å². The van der Waals surface area contributed by atoms with Gasteiger partial charge in [0.25, 0.3) is 0 Å². The summed E-state index contributed by atoms with van der Waals surface area (Å²) < 4.78 is 33.6. The quantitative estimate of drug-likeness (QED) is 0.619. The third-order valence-electron chi connectivity index (χ3n) is 1.79. The first-order chi connectivity index (χ1) is 7.99. The summed E-state index contributed by atoms with van der Waals surface area (Å²) in [7, 11) is 1.11. The van der Waals surface area contributed by atoms with Gasteiger partial charge in [-0.25, -0.2) is 4.79 Å². The molecule has 90 valence electrons. The molecule has 0 atom stereocenters. The molecule has 17 heavy (non-hydrogen) atoms. The zero-order valence-corrected chi connectivity index (χ0v) is 10.7. The number of carbonyl (C=O) groups is 1. The fraction of sp³-hybridized carbons (Fsp3) is 0.200. The van der Waals surface area contributed by atoms with Crippen LogP contribution in [0, 0.1) is 14.9 Å². The fourth-order valence-corrected chi connectivity index (χ4v) is 1.78. The van der Waals surface area contributed by atoms with Crippen molar-refractivity contribution in [3.63, 3.8) is 0 Å². The van der Waals surface area contributed by atoms with Gasteiger partial charge in [0, 0.05) is 3.57 Å². The van der Waals surface area contributed by atoms with Crippen molar-refractivity contribution in [2.75, 3.05) is 7.11 Å². The maximum Gasteiger partial charge on any atom is 0.387 e. The summed E-state index contributed by atoms with van der Waals surface area (Å²) in [6.07, 6.45) is 0. The Hall–Kier alpha value is -1.43. The van der Waals surface area contributed by atoms with E-state index in [9.17, 15) is 13.6 Å². The van der Waals surface area contributed by atoms with Crippen molar-refractivity contribution in [3.05, 3.63) is 26.8 Å². The van der Waals surface area contributed by atoms with Gasteiger partial charge >= 0.3 is 12.6 Å². The van der Waals surface area contributed by atoms with Crippen LogP contribution in [0.1, 0.15) is 15.9 Å². The molecule has 0 bridgehead atoms. The maximum absolute atomic E-state index is 12.2. The van der Waals surface area contributed by atoms with E-state index >= 15 is 0 Å². The Labute approximate surface area is 109 Å². The lowest BCUT2D eigenvalue weighted by Gasteiger charge is -2.11. The average molecular weight is 353 g/mol. The first kappa shape index (κ1) is 13.6. The number of nitrogens with zero attached hydrogens (tertiary/aromatic N) is 1. The molecule has 0 saturated carbocycles. The van der Waals surface area contributed by atoms with Crippen molar-refractivity contribution < 1.29 is 23.0 Å². The van der Waals surface area contributed by atoms with Gasteiger partial charge in [0.05, 0.1) is 12.7 Å². The van der Waals surface area contributed by atoms with Crippen LogP contribution in [-0.4, -0.2) is 19.7 Å². The highest BCUT2D eigenvalue weighted by atomic mass is 127. The number of rotatable bonds is 3. The Kier molecular flexibility index (Phi) is 4.62. The average Bonchev–Trinajstić information content (AvgIpc) is 2.29. The number of alkyl halides is 2. The highest BCUT2D eigenvalue weighted by Gasteiger charge is 2.21. The molecule has 0 saturated heterocycles. The summed E-state index contributed by atoms with van der Waals surface area (Å²) in [4.78, 5) is 11.4. The first-order valence-electron chi connectivity index (χ1n) is 4.26. The van der Waals surface area contributed by atoms with E-state index < -0.39 is 18.3 Å². The van der Waals surface area contributed by atoms with E-state index in [4.69, 9.17) is 5.26 Å². The van der Waals surface area contributed by atoms with Crippen LogP contribution in [0.25, 0.3) is 0 Å². The number of hydrogen-bond acceptors (Lipinski definition) is 4. The highest BCUT2D eigenvalue weighted by Crippen LogP contribution is 2.28. The summed E-state index contributed by atoms with van der Waals surface area (Å²) in [5.41, 5.74) is -0.339. The summed E-state index contributed by atoms with van der Waals surface area (Å²) in [5.74, 6) is -1.30. The molecule has 0 aliphatic heterocycles. The Morgan fingerprint density at radius 2 is 2.18 bits per heavy atom. The van der Waals surface area contributed by atoms with Gasteiger partial charge in [-0.05, 0) is 34.7 Å². The molecule has 0 aliphatic carbocycles. The normalized spacial score (nSPS) is 9.88. The lowest BCUT2D eigenvalue weighted by Crippen LogP contribution is -2.11. The van der Waals surface area contributed by atoms with Crippen molar-refractivity contribution in [1.82, 2.24) is 0 Å². The van der Waals surface area contributed by atoms with Crippen LogP contribution in [0.15, 0.2) is 12.1 Å². The van der Waals surface area contributed by atoms with Gasteiger partial charge < -0.3 is 9.47 Å².